The number of nitrogens with zero attached hydrogens (tertiary/aromatic N) is 3. The fourth-order valence-electron chi connectivity index (χ4n) is 3.66. The van der Waals surface area contributed by atoms with Crippen LogP contribution in [0.5, 0.6) is 0 Å². The Kier molecular flexibility index (Phi) is 5.67. The second-order valence-electron chi connectivity index (χ2n) is 7.26. The molecule has 4 nitrogen and oxygen atoms in total. The van der Waals surface area contributed by atoms with Gasteiger partial charge in [0.25, 0.3) is 0 Å². The van der Waals surface area contributed by atoms with Crippen molar-refractivity contribution in [3.05, 3.63) is 99.0 Å². The van der Waals surface area contributed by atoms with Crippen LogP contribution in [0, 0.1) is 11.3 Å². The first kappa shape index (κ1) is 20.7. The van der Waals surface area contributed by atoms with E-state index in [1.807, 2.05) is 60.7 Å². The number of H-pyrrole nitrogens is 1. The number of imidazole rings is 1. The van der Waals surface area contributed by atoms with Gasteiger partial charge in [0.05, 0.1) is 26.0 Å². The van der Waals surface area contributed by atoms with Crippen molar-refractivity contribution in [1.29, 1.82) is 5.26 Å². The van der Waals surface area contributed by atoms with E-state index in [2.05, 4.69) is 38.9 Å². The summed E-state index contributed by atoms with van der Waals surface area (Å²) in [6, 6.07) is 23.9. The van der Waals surface area contributed by atoms with E-state index in [4.69, 9.17) is 23.2 Å². The van der Waals surface area contributed by atoms with Crippen LogP contribution in [-0.2, 0) is 6.54 Å². The molecule has 7 heteroatoms. The lowest BCUT2D eigenvalue weighted by Crippen LogP contribution is -1.97. The second-order valence-corrected chi connectivity index (χ2v) is 9.10. The molecule has 0 aliphatic heterocycles. The van der Waals surface area contributed by atoms with Crippen molar-refractivity contribution in [2.45, 2.75) is 11.7 Å². The molecule has 156 valence electrons. The molecule has 0 radical (unpaired) electrons. The third-order valence-electron chi connectivity index (χ3n) is 5.13. The van der Waals surface area contributed by atoms with Gasteiger partial charge in [0.2, 0.25) is 0 Å². The zero-order chi connectivity index (χ0) is 22.1. The minimum atomic E-state index is 0.537. The molecule has 1 N–H and O–H groups in total. The maximum absolute atomic E-state index is 9.78. The van der Waals surface area contributed by atoms with Crippen LogP contribution in [0.1, 0.15) is 11.1 Å². The molecular formula is C25H16Cl2N4S. The maximum Gasteiger partial charge on any atom is 0.171 e. The topological polar surface area (TPSA) is 57.4 Å². The number of fused-ring (bicyclic) bond motifs is 2. The molecular weight excluding hydrogens is 459 g/mol. The second kappa shape index (κ2) is 8.76. The number of nitriles is 1. The SMILES string of the molecule is N#C/C(=C\c1cn(Cc2ccc(Cl)c(Cl)c2)c2ccccc12)Sc1nc2ccccc2[nH]1. The van der Waals surface area contributed by atoms with Gasteiger partial charge in [-0.15, -0.1) is 0 Å². The highest BCUT2D eigenvalue weighted by Crippen LogP contribution is 2.31. The van der Waals surface area contributed by atoms with Crippen molar-refractivity contribution in [2.24, 2.45) is 0 Å². The predicted octanol–water partition coefficient (Wildman–Crippen LogP) is 7.53. The van der Waals surface area contributed by atoms with Crippen LogP contribution in [0.3, 0.4) is 0 Å². The fourth-order valence-corrected chi connectivity index (χ4v) is 4.73. The predicted molar refractivity (Wildman–Crippen MR) is 133 cm³/mol. The molecule has 0 atom stereocenters. The van der Waals surface area contributed by atoms with Gasteiger partial charge >= 0.3 is 0 Å². The Morgan fingerprint density at radius 3 is 2.69 bits per heavy atom. The minimum absolute atomic E-state index is 0.537. The highest BCUT2D eigenvalue weighted by Gasteiger charge is 2.11. The molecule has 0 unspecified atom stereocenters. The van der Waals surface area contributed by atoms with Gasteiger partial charge in [-0.05, 0) is 53.7 Å². The number of hydrogen-bond donors (Lipinski definition) is 1. The van der Waals surface area contributed by atoms with Gasteiger partial charge in [0.1, 0.15) is 6.07 Å². The summed E-state index contributed by atoms with van der Waals surface area (Å²) in [6.07, 6.45) is 3.97. The van der Waals surface area contributed by atoms with E-state index < -0.39 is 0 Å². The molecule has 0 saturated heterocycles. The van der Waals surface area contributed by atoms with Crippen LogP contribution in [0.4, 0.5) is 0 Å². The lowest BCUT2D eigenvalue weighted by molar-refractivity contribution is 0.836. The molecule has 0 spiro atoms. The zero-order valence-electron chi connectivity index (χ0n) is 16.7. The van der Waals surface area contributed by atoms with Crippen molar-refractivity contribution in [1.82, 2.24) is 14.5 Å². The summed E-state index contributed by atoms with van der Waals surface area (Å²) in [5, 5.41) is 12.6. The first-order chi connectivity index (χ1) is 15.6. The number of allylic oxidation sites excluding steroid dienone is 1. The Morgan fingerprint density at radius 1 is 1.06 bits per heavy atom. The summed E-state index contributed by atoms with van der Waals surface area (Å²) in [7, 11) is 0. The molecule has 0 saturated carbocycles. The number of halogens is 2. The molecule has 0 aliphatic carbocycles. The van der Waals surface area contributed by atoms with Gasteiger partial charge in [-0.2, -0.15) is 5.26 Å². The van der Waals surface area contributed by atoms with E-state index in [1.54, 1.807) is 0 Å². The highest BCUT2D eigenvalue weighted by atomic mass is 35.5. The Hall–Kier alpha value is -3.17. The van der Waals surface area contributed by atoms with Crippen LogP contribution in [0.15, 0.2) is 83.0 Å². The molecule has 0 fully saturated rings. The molecule has 0 aliphatic rings. The van der Waals surface area contributed by atoms with Crippen molar-refractivity contribution >= 4 is 63.0 Å². The van der Waals surface area contributed by atoms with Gasteiger partial charge < -0.3 is 9.55 Å². The molecule has 5 aromatic rings. The average molecular weight is 475 g/mol. The Labute approximate surface area is 199 Å². The standard InChI is InChI=1S/C25H16Cl2N4S/c26-20-10-9-16(11-21(20)27)14-31-15-17(19-5-1-4-8-24(19)31)12-18(13-28)32-25-29-22-6-2-3-7-23(22)30-25/h1-12,15H,14H2,(H,29,30)/b18-12+. The Morgan fingerprint density at radius 2 is 1.88 bits per heavy atom. The number of rotatable bonds is 5. The Bertz CT molecular complexity index is 1490. The zero-order valence-corrected chi connectivity index (χ0v) is 19.0. The van der Waals surface area contributed by atoms with Crippen LogP contribution in [-0.4, -0.2) is 14.5 Å². The molecule has 5 rings (SSSR count). The van der Waals surface area contributed by atoms with Gasteiger partial charge in [0, 0.05) is 29.2 Å². The Balaban J connectivity index is 1.50. The van der Waals surface area contributed by atoms with Crippen molar-refractivity contribution in [3.63, 3.8) is 0 Å². The highest BCUT2D eigenvalue weighted by molar-refractivity contribution is 8.03. The van der Waals surface area contributed by atoms with Crippen molar-refractivity contribution in [2.75, 3.05) is 0 Å². The summed E-state index contributed by atoms with van der Waals surface area (Å²) >= 11 is 13.6. The summed E-state index contributed by atoms with van der Waals surface area (Å²) in [4.78, 5) is 8.39. The first-order valence-corrected chi connectivity index (χ1v) is 11.4. The van der Waals surface area contributed by atoms with Gasteiger partial charge in [-0.1, -0.05) is 59.6 Å². The third-order valence-corrected chi connectivity index (χ3v) is 6.68. The van der Waals surface area contributed by atoms with Crippen molar-refractivity contribution in [3.8, 4) is 6.07 Å². The van der Waals surface area contributed by atoms with E-state index in [0.717, 1.165) is 33.1 Å². The number of aromatic amines is 1. The maximum atomic E-state index is 9.78. The van der Waals surface area contributed by atoms with E-state index in [-0.39, 0.29) is 0 Å². The molecule has 0 bridgehead atoms. The first-order valence-electron chi connectivity index (χ1n) is 9.87. The van der Waals surface area contributed by atoms with Gasteiger partial charge in [-0.3, -0.25) is 0 Å². The third kappa shape index (κ3) is 4.13. The molecule has 3 aromatic carbocycles. The smallest absolute Gasteiger partial charge is 0.171 e. The van der Waals surface area contributed by atoms with E-state index in [9.17, 15) is 5.26 Å². The van der Waals surface area contributed by atoms with E-state index in [1.165, 1.54) is 11.8 Å². The largest absolute Gasteiger partial charge is 0.342 e. The van der Waals surface area contributed by atoms with Gasteiger partial charge in [-0.25, -0.2) is 4.98 Å². The fraction of sp³-hybridized carbons (Fsp3) is 0.0400. The van der Waals surface area contributed by atoms with E-state index >= 15 is 0 Å². The van der Waals surface area contributed by atoms with E-state index in [0.29, 0.717) is 26.7 Å². The summed E-state index contributed by atoms with van der Waals surface area (Å²) in [5.74, 6) is 0. The van der Waals surface area contributed by atoms with Gasteiger partial charge in [0.15, 0.2) is 5.16 Å². The molecule has 0 amide bonds. The molecule has 2 heterocycles. The van der Waals surface area contributed by atoms with Crippen LogP contribution < -0.4 is 0 Å². The minimum Gasteiger partial charge on any atom is -0.342 e. The number of para-hydroxylation sites is 3. The molecule has 2 aromatic heterocycles. The van der Waals surface area contributed by atoms with Crippen molar-refractivity contribution < 1.29 is 0 Å². The summed E-state index contributed by atoms with van der Waals surface area (Å²) in [6.45, 7) is 0.643. The lowest BCUT2D eigenvalue weighted by Gasteiger charge is -2.06. The quantitative estimate of drug-likeness (QED) is 0.211. The number of hydrogen-bond acceptors (Lipinski definition) is 3. The summed E-state index contributed by atoms with van der Waals surface area (Å²) in [5.41, 5.74) is 4.93. The summed E-state index contributed by atoms with van der Waals surface area (Å²) < 4.78 is 2.15. The number of nitrogens with one attached hydrogen (secondary N) is 1. The van der Waals surface area contributed by atoms with Crippen LogP contribution >= 0.6 is 35.0 Å². The number of benzene rings is 3. The van der Waals surface area contributed by atoms with Crippen LogP contribution in [0.2, 0.25) is 10.0 Å². The number of aromatic nitrogens is 3. The normalized spacial score (nSPS) is 11.8. The average Bonchev–Trinajstić information content (AvgIpc) is 3.37. The molecule has 32 heavy (non-hydrogen) atoms. The lowest BCUT2D eigenvalue weighted by atomic mass is 10.1. The number of thioether (sulfide) groups is 1. The van der Waals surface area contributed by atoms with Crippen LogP contribution in [0.25, 0.3) is 28.0 Å². The monoisotopic (exact) mass is 474 g/mol.